The second kappa shape index (κ2) is 6.72. The van der Waals surface area contributed by atoms with Crippen LogP contribution in [0.3, 0.4) is 0 Å². The molecule has 0 radical (unpaired) electrons. The highest BCUT2D eigenvalue weighted by molar-refractivity contribution is 7.07. The Hall–Kier alpha value is -1.86. The third kappa shape index (κ3) is 3.56. The van der Waals surface area contributed by atoms with Gasteiger partial charge in [0.25, 0.3) is 5.91 Å². The van der Waals surface area contributed by atoms with Gasteiger partial charge in [-0.05, 0) is 48.5 Å². The Morgan fingerprint density at radius 3 is 2.83 bits per heavy atom. The van der Waals surface area contributed by atoms with E-state index in [0.717, 1.165) is 36.4 Å². The SMILES string of the molecule is O=C(NC[C@@]1(Cc2ccc(F)cc2)CCC[C@@H]1O)c1cnns1. The van der Waals surface area contributed by atoms with E-state index in [0.29, 0.717) is 17.8 Å². The van der Waals surface area contributed by atoms with Crippen molar-refractivity contribution in [3.05, 3.63) is 46.7 Å². The van der Waals surface area contributed by atoms with Gasteiger partial charge < -0.3 is 10.4 Å². The average Bonchev–Trinajstić information content (AvgIpc) is 3.19. The minimum Gasteiger partial charge on any atom is -0.392 e. The third-order valence-corrected chi connectivity index (χ3v) is 5.18. The zero-order valence-corrected chi connectivity index (χ0v) is 13.4. The van der Waals surface area contributed by atoms with Gasteiger partial charge in [0.2, 0.25) is 0 Å². The molecular weight excluding hydrogens is 317 g/mol. The molecule has 5 nitrogen and oxygen atoms in total. The van der Waals surface area contributed by atoms with Crippen molar-refractivity contribution in [2.75, 3.05) is 6.54 Å². The predicted molar refractivity (Wildman–Crippen MR) is 84.6 cm³/mol. The summed E-state index contributed by atoms with van der Waals surface area (Å²) in [6.07, 6.45) is 4.02. The number of carbonyl (C=O) groups excluding carboxylic acids is 1. The summed E-state index contributed by atoms with van der Waals surface area (Å²) < 4.78 is 16.7. The molecule has 1 amide bonds. The smallest absolute Gasteiger partial charge is 0.264 e. The molecule has 1 aromatic carbocycles. The van der Waals surface area contributed by atoms with Crippen LogP contribution in [0, 0.1) is 11.2 Å². The van der Waals surface area contributed by atoms with Gasteiger partial charge in [-0.15, -0.1) is 5.10 Å². The molecule has 2 aromatic rings. The van der Waals surface area contributed by atoms with Crippen molar-refractivity contribution >= 4 is 17.4 Å². The molecule has 7 heteroatoms. The maximum absolute atomic E-state index is 13.1. The number of nitrogens with one attached hydrogen (secondary N) is 1. The van der Waals surface area contributed by atoms with Crippen molar-refractivity contribution in [1.82, 2.24) is 14.9 Å². The lowest BCUT2D eigenvalue weighted by atomic mass is 9.78. The molecule has 0 saturated heterocycles. The zero-order chi connectivity index (χ0) is 16.3. The molecule has 1 aromatic heterocycles. The first-order chi connectivity index (χ1) is 11.1. The van der Waals surface area contributed by atoms with E-state index in [2.05, 4.69) is 14.9 Å². The number of aliphatic hydroxyl groups is 1. The summed E-state index contributed by atoms with van der Waals surface area (Å²) in [5, 5.41) is 17.0. The maximum atomic E-state index is 13.1. The first-order valence-electron chi connectivity index (χ1n) is 7.57. The van der Waals surface area contributed by atoms with E-state index in [4.69, 9.17) is 0 Å². The van der Waals surface area contributed by atoms with E-state index in [-0.39, 0.29) is 11.7 Å². The molecule has 122 valence electrons. The van der Waals surface area contributed by atoms with Gasteiger partial charge in [0.15, 0.2) is 0 Å². The molecule has 2 atom stereocenters. The van der Waals surface area contributed by atoms with Crippen LogP contribution in [0.4, 0.5) is 4.39 Å². The normalized spacial score (nSPS) is 23.8. The van der Waals surface area contributed by atoms with Crippen molar-refractivity contribution < 1.29 is 14.3 Å². The number of halogens is 1. The van der Waals surface area contributed by atoms with Crippen LogP contribution >= 0.6 is 11.5 Å². The third-order valence-electron chi connectivity index (χ3n) is 4.51. The van der Waals surface area contributed by atoms with Crippen molar-refractivity contribution in [3.8, 4) is 0 Å². The first-order valence-corrected chi connectivity index (χ1v) is 8.34. The van der Waals surface area contributed by atoms with Crippen LogP contribution in [0.25, 0.3) is 0 Å². The van der Waals surface area contributed by atoms with Crippen LogP contribution in [-0.4, -0.2) is 33.2 Å². The van der Waals surface area contributed by atoms with Gasteiger partial charge >= 0.3 is 0 Å². The van der Waals surface area contributed by atoms with Crippen molar-refractivity contribution in [1.29, 1.82) is 0 Å². The molecule has 1 heterocycles. The van der Waals surface area contributed by atoms with Gasteiger partial charge in [-0.25, -0.2) is 4.39 Å². The van der Waals surface area contributed by atoms with Gasteiger partial charge in [0.1, 0.15) is 10.7 Å². The summed E-state index contributed by atoms with van der Waals surface area (Å²) in [6, 6.07) is 6.31. The quantitative estimate of drug-likeness (QED) is 0.878. The first kappa shape index (κ1) is 16.0. The number of aliphatic hydroxyl groups excluding tert-OH is 1. The number of carbonyl (C=O) groups is 1. The van der Waals surface area contributed by atoms with Crippen molar-refractivity contribution in [2.24, 2.45) is 5.41 Å². The summed E-state index contributed by atoms with van der Waals surface area (Å²) in [5.74, 6) is -0.502. The Bertz CT molecular complexity index is 662. The molecule has 1 saturated carbocycles. The molecular formula is C16H18FN3O2S. The van der Waals surface area contributed by atoms with E-state index >= 15 is 0 Å². The molecule has 0 bridgehead atoms. The number of rotatable bonds is 5. The van der Waals surface area contributed by atoms with E-state index in [9.17, 15) is 14.3 Å². The fraction of sp³-hybridized carbons (Fsp3) is 0.438. The summed E-state index contributed by atoms with van der Waals surface area (Å²) in [7, 11) is 0. The van der Waals surface area contributed by atoms with Gasteiger partial charge in [0.05, 0.1) is 12.3 Å². The lowest BCUT2D eigenvalue weighted by Gasteiger charge is -2.33. The largest absolute Gasteiger partial charge is 0.392 e. The van der Waals surface area contributed by atoms with Crippen LogP contribution in [-0.2, 0) is 6.42 Å². The Morgan fingerprint density at radius 1 is 1.43 bits per heavy atom. The van der Waals surface area contributed by atoms with Crippen LogP contribution in [0.1, 0.15) is 34.5 Å². The molecule has 0 spiro atoms. The van der Waals surface area contributed by atoms with Gasteiger partial charge in [-0.3, -0.25) is 4.79 Å². The number of aromatic nitrogens is 2. The van der Waals surface area contributed by atoms with Gasteiger partial charge in [-0.2, -0.15) is 0 Å². The molecule has 23 heavy (non-hydrogen) atoms. The molecule has 1 aliphatic rings. The fourth-order valence-electron chi connectivity index (χ4n) is 3.21. The van der Waals surface area contributed by atoms with Crippen molar-refractivity contribution in [3.63, 3.8) is 0 Å². The van der Waals surface area contributed by atoms with E-state index in [1.165, 1.54) is 18.3 Å². The number of nitrogens with zero attached hydrogens (tertiary/aromatic N) is 2. The number of amides is 1. The summed E-state index contributed by atoms with van der Waals surface area (Å²) in [4.78, 5) is 12.5. The highest BCUT2D eigenvalue weighted by atomic mass is 32.1. The molecule has 0 unspecified atom stereocenters. The number of hydrogen-bond acceptors (Lipinski definition) is 5. The lowest BCUT2D eigenvalue weighted by molar-refractivity contribution is 0.0501. The van der Waals surface area contributed by atoms with Crippen molar-refractivity contribution in [2.45, 2.75) is 31.8 Å². The highest BCUT2D eigenvalue weighted by Gasteiger charge is 2.42. The van der Waals surface area contributed by atoms with Gasteiger partial charge in [-0.1, -0.05) is 23.0 Å². The molecule has 1 fully saturated rings. The number of benzene rings is 1. The lowest BCUT2D eigenvalue weighted by Crippen LogP contribution is -2.43. The highest BCUT2D eigenvalue weighted by Crippen LogP contribution is 2.41. The Kier molecular flexibility index (Phi) is 4.68. The van der Waals surface area contributed by atoms with Crippen LogP contribution in [0.5, 0.6) is 0 Å². The van der Waals surface area contributed by atoms with E-state index < -0.39 is 11.5 Å². The Morgan fingerprint density at radius 2 is 2.22 bits per heavy atom. The minimum atomic E-state index is -0.479. The molecule has 0 aliphatic heterocycles. The summed E-state index contributed by atoms with van der Waals surface area (Å²) in [6.45, 7) is 0.377. The number of hydrogen-bond donors (Lipinski definition) is 2. The summed E-state index contributed by atoms with van der Waals surface area (Å²) >= 11 is 1.04. The van der Waals surface area contributed by atoms with E-state index in [1.807, 2.05) is 0 Å². The van der Waals surface area contributed by atoms with Gasteiger partial charge in [0, 0.05) is 12.0 Å². The molecule has 1 aliphatic carbocycles. The average molecular weight is 335 g/mol. The topological polar surface area (TPSA) is 75.1 Å². The molecule has 2 N–H and O–H groups in total. The predicted octanol–water partition coefficient (Wildman–Crippen LogP) is 2.18. The zero-order valence-electron chi connectivity index (χ0n) is 12.5. The van der Waals surface area contributed by atoms with Crippen LogP contribution in [0.15, 0.2) is 30.5 Å². The van der Waals surface area contributed by atoms with Crippen LogP contribution < -0.4 is 5.32 Å². The summed E-state index contributed by atoms with van der Waals surface area (Å²) in [5.41, 5.74) is 0.548. The maximum Gasteiger partial charge on any atom is 0.264 e. The standard InChI is InChI=1S/C16H18FN3O2S/c17-12-5-3-11(4-6-12)8-16(7-1-2-14(16)21)10-18-15(22)13-9-19-20-23-13/h3-6,9,14,21H,1-2,7-8,10H2,(H,18,22)/t14-,16-/m0/s1. The minimum absolute atomic E-state index is 0.224. The Labute approximate surface area is 137 Å². The van der Waals surface area contributed by atoms with E-state index in [1.54, 1.807) is 12.1 Å². The monoisotopic (exact) mass is 335 g/mol. The second-order valence-electron chi connectivity index (χ2n) is 6.04. The Balaban J connectivity index is 1.72. The fourth-order valence-corrected chi connectivity index (χ4v) is 3.65. The van der Waals surface area contributed by atoms with Crippen LogP contribution in [0.2, 0.25) is 0 Å². The second-order valence-corrected chi connectivity index (χ2v) is 6.82. The molecule has 3 rings (SSSR count).